The molecule has 60 valence electrons. The molecule has 2 N–H and O–H groups in total. The maximum absolute atomic E-state index is 10.7. The van der Waals surface area contributed by atoms with Crippen molar-refractivity contribution in [3.05, 3.63) is 15.9 Å². The molecule has 0 aliphatic carbocycles. The minimum absolute atomic E-state index is 0.0324. The number of rotatable bonds is 1. The Morgan fingerprint density at radius 2 is 2.18 bits per heavy atom. The molecule has 0 aliphatic rings. The van der Waals surface area contributed by atoms with Crippen molar-refractivity contribution < 1.29 is 4.79 Å². The van der Waals surface area contributed by atoms with Gasteiger partial charge < -0.3 is 5.73 Å². The molecule has 0 unspecified atom stereocenters. The second kappa shape index (κ2) is 2.71. The van der Waals surface area contributed by atoms with Crippen LogP contribution in [0.5, 0.6) is 0 Å². The van der Waals surface area contributed by atoms with Gasteiger partial charge in [0.1, 0.15) is 10.7 Å². The van der Waals surface area contributed by atoms with Gasteiger partial charge in [-0.1, -0.05) is 23.2 Å². The Bertz CT molecular complexity index is 307. The number of nitrogens with zero attached hydrogens (tertiary/aromatic N) is 2. The van der Waals surface area contributed by atoms with E-state index >= 15 is 0 Å². The first-order valence-electron chi connectivity index (χ1n) is 2.72. The predicted molar refractivity (Wildman–Crippen MR) is 41.7 cm³/mol. The highest BCUT2D eigenvalue weighted by molar-refractivity contribution is 6.38. The van der Waals surface area contributed by atoms with Crippen LogP contribution in [0.1, 0.15) is 10.4 Å². The lowest BCUT2D eigenvalue weighted by Crippen LogP contribution is -2.11. The quantitative estimate of drug-likeness (QED) is 0.719. The second-order valence-corrected chi connectivity index (χ2v) is 2.66. The molecule has 0 aromatic carbocycles. The lowest BCUT2D eigenvalue weighted by atomic mass is 10.3. The standard InChI is InChI=1S/C5H5Cl2N3O/c1-10-4(7)2(5(8)11)3(6)9-10/h1H3,(H2,8,11). The van der Waals surface area contributed by atoms with E-state index in [-0.39, 0.29) is 15.9 Å². The fourth-order valence-corrected chi connectivity index (χ4v) is 1.24. The fourth-order valence-electron chi connectivity index (χ4n) is 0.676. The van der Waals surface area contributed by atoms with E-state index in [2.05, 4.69) is 5.10 Å². The first-order chi connectivity index (χ1) is 5.04. The van der Waals surface area contributed by atoms with Crippen molar-refractivity contribution in [3.63, 3.8) is 0 Å². The second-order valence-electron chi connectivity index (χ2n) is 1.94. The average molecular weight is 194 g/mol. The first-order valence-corrected chi connectivity index (χ1v) is 3.47. The lowest BCUT2D eigenvalue weighted by molar-refractivity contribution is 0.100. The molecule has 0 bridgehead atoms. The van der Waals surface area contributed by atoms with E-state index < -0.39 is 5.91 Å². The molecule has 0 fully saturated rings. The Kier molecular flexibility index (Phi) is 2.06. The third-order valence-electron chi connectivity index (χ3n) is 1.18. The van der Waals surface area contributed by atoms with Crippen molar-refractivity contribution in [2.75, 3.05) is 0 Å². The van der Waals surface area contributed by atoms with Gasteiger partial charge in [0.25, 0.3) is 5.91 Å². The summed E-state index contributed by atoms with van der Waals surface area (Å²) < 4.78 is 1.28. The number of nitrogens with two attached hydrogens (primary N) is 1. The predicted octanol–water partition coefficient (Wildman–Crippen LogP) is 0.826. The number of amides is 1. The smallest absolute Gasteiger partial charge is 0.255 e. The third kappa shape index (κ3) is 1.32. The topological polar surface area (TPSA) is 60.9 Å². The molecule has 11 heavy (non-hydrogen) atoms. The van der Waals surface area contributed by atoms with Gasteiger partial charge in [0.15, 0.2) is 5.15 Å². The van der Waals surface area contributed by atoms with E-state index in [0.717, 1.165) is 0 Å². The fraction of sp³-hybridized carbons (Fsp3) is 0.200. The van der Waals surface area contributed by atoms with Crippen LogP contribution in [-0.4, -0.2) is 15.7 Å². The summed E-state index contributed by atoms with van der Waals surface area (Å²) in [4.78, 5) is 10.7. The van der Waals surface area contributed by atoms with Gasteiger partial charge in [0.05, 0.1) is 0 Å². The molecule has 1 heterocycles. The molecule has 0 saturated carbocycles. The Balaban J connectivity index is 3.34. The van der Waals surface area contributed by atoms with Crippen molar-refractivity contribution in [3.8, 4) is 0 Å². The number of hydrogen-bond donors (Lipinski definition) is 1. The molecule has 0 atom stereocenters. The molecule has 0 aliphatic heterocycles. The molecule has 1 rings (SSSR count). The summed E-state index contributed by atoms with van der Waals surface area (Å²) in [6.45, 7) is 0. The zero-order chi connectivity index (χ0) is 8.59. The summed E-state index contributed by atoms with van der Waals surface area (Å²) in [6, 6.07) is 0. The van der Waals surface area contributed by atoms with Gasteiger partial charge >= 0.3 is 0 Å². The maximum atomic E-state index is 10.7. The summed E-state index contributed by atoms with van der Waals surface area (Å²) >= 11 is 11.2. The highest BCUT2D eigenvalue weighted by atomic mass is 35.5. The summed E-state index contributed by atoms with van der Waals surface area (Å²) in [5, 5.41) is 3.87. The molecular weight excluding hydrogens is 189 g/mol. The van der Waals surface area contributed by atoms with Gasteiger partial charge in [0, 0.05) is 7.05 Å². The van der Waals surface area contributed by atoms with Gasteiger partial charge in [-0.2, -0.15) is 5.10 Å². The van der Waals surface area contributed by atoms with Gasteiger partial charge in [-0.05, 0) is 0 Å². The van der Waals surface area contributed by atoms with E-state index in [4.69, 9.17) is 28.9 Å². The van der Waals surface area contributed by atoms with Crippen molar-refractivity contribution in [1.82, 2.24) is 9.78 Å². The van der Waals surface area contributed by atoms with E-state index in [0.29, 0.717) is 0 Å². The van der Waals surface area contributed by atoms with Gasteiger partial charge in [-0.3, -0.25) is 9.48 Å². The molecule has 0 spiro atoms. The van der Waals surface area contributed by atoms with E-state index in [1.54, 1.807) is 7.05 Å². The summed E-state index contributed by atoms with van der Waals surface area (Å²) in [6.07, 6.45) is 0. The highest BCUT2D eigenvalue weighted by Gasteiger charge is 2.17. The number of aromatic nitrogens is 2. The number of aryl methyl sites for hydroxylation is 1. The van der Waals surface area contributed by atoms with Gasteiger partial charge in [-0.25, -0.2) is 0 Å². The SMILES string of the molecule is Cn1nc(Cl)c(C(N)=O)c1Cl. The van der Waals surface area contributed by atoms with Crippen LogP contribution in [0.3, 0.4) is 0 Å². The normalized spacial score (nSPS) is 10.1. The van der Waals surface area contributed by atoms with Crippen LogP contribution in [0.2, 0.25) is 10.3 Å². The largest absolute Gasteiger partial charge is 0.365 e. The van der Waals surface area contributed by atoms with Crippen molar-refractivity contribution in [2.24, 2.45) is 12.8 Å². The van der Waals surface area contributed by atoms with Crippen molar-refractivity contribution in [2.45, 2.75) is 0 Å². The van der Waals surface area contributed by atoms with Crippen LogP contribution < -0.4 is 5.73 Å². The van der Waals surface area contributed by atoms with Crippen LogP contribution in [-0.2, 0) is 7.05 Å². The maximum Gasteiger partial charge on any atom is 0.255 e. The summed E-state index contributed by atoms with van der Waals surface area (Å²) in [5.41, 5.74) is 5.03. The number of hydrogen-bond acceptors (Lipinski definition) is 2. The molecule has 0 saturated heterocycles. The van der Waals surface area contributed by atoms with Gasteiger partial charge in [0.2, 0.25) is 0 Å². The Morgan fingerprint density at radius 3 is 2.36 bits per heavy atom. The van der Waals surface area contributed by atoms with E-state index in [9.17, 15) is 4.79 Å². The molecule has 1 aromatic heterocycles. The molecule has 6 heteroatoms. The van der Waals surface area contributed by atoms with E-state index in [1.165, 1.54) is 4.68 Å². The van der Waals surface area contributed by atoms with E-state index in [1.807, 2.05) is 0 Å². The minimum Gasteiger partial charge on any atom is -0.365 e. The Hall–Kier alpha value is -0.740. The summed E-state index contributed by atoms with van der Waals surface area (Å²) in [7, 11) is 1.57. The van der Waals surface area contributed by atoms with Gasteiger partial charge in [-0.15, -0.1) is 0 Å². The molecule has 4 nitrogen and oxygen atoms in total. The zero-order valence-corrected chi connectivity index (χ0v) is 7.15. The molecule has 1 aromatic rings. The molecule has 1 amide bonds. The monoisotopic (exact) mass is 193 g/mol. The molecule has 0 radical (unpaired) electrons. The van der Waals surface area contributed by atoms with Crippen LogP contribution in [0.4, 0.5) is 0 Å². The number of halogens is 2. The highest BCUT2D eigenvalue weighted by Crippen LogP contribution is 2.21. The third-order valence-corrected chi connectivity index (χ3v) is 1.88. The first kappa shape index (κ1) is 8.36. The zero-order valence-electron chi connectivity index (χ0n) is 5.64. The number of carbonyl (C=O) groups excluding carboxylic acids is 1. The van der Waals surface area contributed by atoms with Crippen LogP contribution >= 0.6 is 23.2 Å². The number of primary amides is 1. The minimum atomic E-state index is -0.673. The Labute approximate surface area is 72.9 Å². The Morgan fingerprint density at radius 1 is 1.64 bits per heavy atom. The lowest BCUT2D eigenvalue weighted by Gasteiger charge is -1.90. The van der Waals surface area contributed by atoms with Crippen molar-refractivity contribution in [1.29, 1.82) is 0 Å². The van der Waals surface area contributed by atoms with Crippen molar-refractivity contribution >= 4 is 29.1 Å². The molecular formula is C5H5Cl2N3O. The van der Waals surface area contributed by atoms with Crippen LogP contribution in [0.25, 0.3) is 0 Å². The average Bonchev–Trinajstić information content (AvgIpc) is 2.07. The number of carbonyl (C=O) groups is 1. The summed E-state index contributed by atoms with van der Waals surface area (Å²) in [5.74, 6) is -0.673. The van der Waals surface area contributed by atoms with Crippen LogP contribution in [0.15, 0.2) is 0 Å². The van der Waals surface area contributed by atoms with Crippen LogP contribution in [0, 0.1) is 0 Å².